The van der Waals surface area contributed by atoms with Gasteiger partial charge < -0.3 is 0 Å². The normalized spacial score (nSPS) is 10.9. The van der Waals surface area contributed by atoms with Gasteiger partial charge in [-0.15, -0.1) is 5.01 Å². The Hall–Kier alpha value is -3.27. The predicted molar refractivity (Wildman–Crippen MR) is 100.0 cm³/mol. The Morgan fingerprint density at radius 3 is 2.07 bits per heavy atom. The minimum atomic E-state index is -1.02. The summed E-state index contributed by atoms with van der Waals surface area (Å²) in [5, 5.41) is 11.2. The first kappa shape index (κ1) is 21.0. The molecule has 0 saturated heterocycles. The molecule has 146 valence electrons. The smallest absolute Gasteiger partial charge is 0.267 e. The third-order valence-corrected chi connectivity index (χ3v) is 4.26. The zero-order valence-corrected chi connectivity index (χ0v) is 16.4. The van der Waals surface area contributed by atoms with Crippen molar-refractivity contribution < 1.29 is 18.4 Å². The van der Waals surface area contributed by atoms with Gasteiger partial charge in [0.2, 0.25) is 6.19 Å². The Morgan fingerprint density at radius 2 is 1.57 bits per heavy atom. The number of hydrazine groups is 1. The standard InChI is InChI=1S/C21H21F2N3O2/c1-13-7-6-8-18(14(13)2)20(28)25(12-24)26(21(3,4)5)19(27)15-9-16(22)11-17(23)10-15/h6-11H,1-5H3. The van der Waals surface area contributed by atoms with Crippen LogP contribution in [0.4, 0.5) is 8.78 Å². The lowest BCUT2D eigenvalue weighted by Crippen LogP contribution is -2.56. The molecule has 0 spiro atoms. The molecule has 0 heterocycles. The number of rotatable bonds is 2. The quantitative estimate of drug-likeness (QED) is 0.438. The summed E-state index contributed by atoms with van der Waals surface area (Å²) < 4.78 is 27.2. The molecule has 0 radical (unpaired) electrons. The fourth-order valence-electron chi connectivity index (χ4n) is 2.77. The molecule has 0 unspecified atom stereocenters. The number of hydrogen-bond donors (Lipinski definition) is 0. The van der Waals surface area contributed by atoms with Gasteiger partial charge in [-0.3, -0.25) is 9.59 Å². The average molecular weight is 385 g/mol. The van der Waals surface area contributed by atoms with E-state index in [0.717, 1.165) is 22.7 Å². The fraction of sp³-hybridized carbons (Fsp3) is 0.286. The Morgan fingerprint density at radius 1 is 1.00 bits per heavy atom. The summed E-state index contributed by atoms with van der Waals surface area (Å²) in [6.45, 7) is 8.40. The summed E-state index contributed by atoms with van der Waals surface area (Å²) >= 11 is 0. The van der Waals surface area contributed by atoms with Gasteiger partial charge in [-0.05, 0) is 63.9 Å². The van der Waals surface area contributed by atoms with Crippen LogP contribution in [0.1, 0.15) is 52.6 Å². The molecule has 0 aliphatic heterocycles. The second-order valence-corrected chi connectivity index (χ2v) is 7.41. The molecular weight excluding hydrogens is 364 g/mol. The molecular formula is C21H21F2N3O2. The monoisotopic (exact) mass is 385 g/mol. The number of nitriles is 1. The average Bonchev–Trinajstić information content (AvgIpc) is 2.59. The summed E-state index contributed by atoms with van der Waals surface area (Å²) in [5.41, 5.74) is 0.453. The van der Waals surface area contributed by atoms with Crippen molar-refractivity contribution in [1.29, 1.82) is 5.26 Å². The highest BCUT2D eigenvalue weighted by atomic mass is 19.1. The molecule has 0 N–H and O–H groups in total. The maximum Gasteiger partial charge on any atom is 0.286 e. The van der Waals surface area contributed by atoms with Crippen LogP contribution in [0.3, 0.4) is 0 Å². The SMILES string of the molecule is Cc1cccc(C(=O)N(C#N)N(C(=O)c2cc(F)cc(F)c2)C(C)(C)C)c1C. The molecule has 28 heavy (non-hydrogen) atoms. The molecule has 0 bridgehead atoms. The van der Waals surface area contributed by atoms with Gasteiger partial charge >= 0.3 is 0 Å². The van der Waals surface area contributed by atoms with Crippen LogP contribution in [-0.4, -0.2) is 27.4 Å². The van der Waals surface area contributed by atoms with Gasteiger partial charge in [-0.2, -0.15) is 5.26 Å². The summed E-state index contributed by atoms with van der Waals surface area (Å²) in [7, 11) is 0. The van der Waals surface area contributed by atoms with Gasteiger partial charge in [0, 0.05) is 17.2 Å². The van der Waals surface area contributed by atoms with Gasteiger partial charge in [-0.25, -0.2) is 13.8 Å². The Bertz CT molecular complexity index is 954. The molecule has 2 aromatic carbocycles. The maximum absolute atomic E-state index is 13.6. The Labute approximate surface area is 162 Å². The number of halogens is 2. The van der Waals surface area contributed by atoms with E-state index in [2.05, 4.69) is 0 Å². The number of amides is 2. The van der Waals surface area contributed by atoms with E-state index in [1.165, 1.54) is 0 Å². The lowest BCUT2D eigenvalue weighted by Gasteiger charge is -2.39. The number of nitrogens with zero attached hydrogens (tertiary/aromatic N) is 3. The third kappa shape index (κ3) is 4.17. The molecule has 2 amide bonds. The van der Waals surface area contributed by atoms with E-state index < -0.39 is 29.0 Å². The zero-order chi connectivity index (χ0) is 21.2. The highest BCUT2D eigenvalue weighted by Gasteiger charge is 2.37. The number of benzene rings is 2. The van der Waals surface area contributed by atoms with Crippen LogP contribution in [0.5, 0.6) is 0 Å². The van der Waals surface area contributed by atoms with Crippen molar-refractivity contribution in [3.63, 3.8) is 0 Å². The van der Waals surface area contributed by atoms with Crippen LogP contribution in [0.2, 0.25) is 0 Å². The minimum absolute atomic E-state index is 0.258. The van der Waals surface area contributed by atoms with E-state index in [9.17, 15) is 23.6 Å². The highest BCUT2D eigenvalue weighted by molar-refractivity contribution is 6.01. The van der Waals surface area contributed by atoms with Crippen molar-refractivity contribution in [2.45, 2.75) is 40.2 Å². The molecule has 0 atom stereocenters. The van der Waals surface area contributed by atoms with E-state index in [1.54, 1.807) is 46.0 Å². The van der Waals surface area contributed by atoms with Crippen LogP contribution in [0, 0.1) is 36.9 Å². The van der Waals surface area contributed by atoms with E-state index >= 15 is 0 Å². The maximum atomic E-state index is 13.6. The first-order valence-electron chi connectivity index (χ1n) is 8.58. The molecule has 5 nitrogen and oxygen atoms in total. The molecule has 0 aromatic heterocycles. The minimum Gasteiger partial charge on any atom is -0.267 e. The molecule has 0 aliphatic rings. The first-order valence-corrected chi connectivity index (χ1v) is 8.58. The van der Waals surface area contributed by atoms with E-state index in [1.807, 2.05) is 13.0 Å². The van der Waals surface area contributed by atoms with Gasteiger partial charge in [0.25, 0.3) is 11.8 Å². The van der Waals surface area contributed by atoms with Crippen LogP contribution < -0.4 is 0 Å². The molecule has 0 aliphatic carbocycles. The number of carbonyl (C=O) groups excluding carboxylic acids is 2. The molecule has 7 heteroatoms. The van der Waals surface area contributed by atoms with E-state index in [0.29, 0.717) is 16.6 Å². The number of hydrogen-bond acceptors (Lipinski definition) is 3. The first-order chi connectivity index (χ1) is 13.0. The van der Waals surface area contributed by atoms with Crippen LogP contribution in [0.15, 0.2) is 36.4 Å². The van der Waals surface area contributed by atoms with Crippen LogP contribution >= 0.6 is 0 Å². The highest BCUT2D eigenvalue weighted by Crippen LogP contribution is 2.24. The fourth-order valence-corrected chi connectivity index (χ4v) is 2.77. The second kappa shape index (κ2) is 7.77. The topological polar surface area (TPSA) is 64.4 Å². The molecule has 0 fully saturated rings. The second-order valence-electron chi connectivity index (χ2n) is 7.41. The van der Waals surface area contributed by atoms with Crippen molar-refractivity contribution in [3.05, 3.63) is 70.3 Å². The third-order valence-electron chi connectivity index (χ3n) is 4.26. The van der Waals surface area contributed by atoms with Gasteiger partial charge in [0.15, 0.2) is 0 Å². The lowest BCUT2D eigenvalue weighted by atomic mass is 10.0. The summed E-state index contributed by atoms with van der Waals surface area (Å²) in [4.78, 5) is 26.1. The number of carbonyl (C=O) groups is 2. The summed E-state index contributed by atoms with van der Waals surface area (Å²) in [6.07, 6.45) is 1.73. The summed E-state index contributed by atoms with van der Waals surface area (Å²) in [5.74, 6) is -3.43. The molecule has 2 rings (SSSR count). The molecule has 2 aromatic rings. The van der Waals surface area contributed by atoms with Crippen molar-refractivity contribution >= 4 is 11.8 Å². The van der Waals surface area contributed by atoms with Gasteiger partial charge in [0.1, 0.15) is 11.6 Å². The van der Waals surface area contributed by atoms with Crippen LogP contribution in [-0.2, 0) is 0 Å². The largest absolute Gasteiger partial charge is 0.286 e. The van der Waals surface area contributed by atoms with E-state index in [4.69, 9.17) is 0 Å². The zero-order valence-electron chi connectivity index (χ0n) is 16.4. The number of aryl methyl sites for hydroxylation is 1. The van der Waals surface area contributed by atoms with Crippen LogP contribution in [0.25, 0.3) is 0 Å². The molecule has 0 saturated carbocycles. The van der Waals surface area contributed by atoms with Crippen molar-refractivity contribution in [2.75, 3.05) is 0 Å². The predicted octanol–water partition coefficient (Wildman–Crippen LogP) is 4.36. The van der Waals surface area contributed by atoms with E-state index in [-0.39, 0.29) is 11.1 Å². The van der Waals surface area contributed by atoms with Crippen molar-refractivity contribution in [1.82, 2.24) is 10.0 Å². The van der Waals surface area contributed by atoms with Crippen molar-refractivity contribution in [3.8, 4) is 6.19 Å². The van der Waals surface area contributed by atoms with Gasteiger partial charge in [0.05, 0.1) is 5.54 Å². The Balaban J connectivity index is 2.57. The summed E-state index contributed by atoms with van der Waals surface area (Å²) in [6, 6.07) is 7.43. The van der Waals surface area contributed by atoms with Gasteiger partial charge in [-0.1, -0.05) is 12.1 Å². The Kier molecular flexibility index (Phi) is 5.84. The lowest BCUT2D eigenvalue weighted by molar-refractivity contribution is -0.0168. The van der Waals surface area contributed by atoms with Crippen molar-refractivity contribution in [2.24, 2.45) is 0 Å².